The van der Waals surface area contributed by atoms with Crippen molar-refractivity contribution < 1.29 is 0 Å². The summed E-state index contributed by atoms with van der Waals surface area (Å²) < 4.78 is 0. The highest BCUT2D eigenvalue weighted by Crippen LogP contribution is 2.40. The summed E-state index contributed by atoms with van der Waals surface area (Å²) in [5.41, 5.74) is 6.27. The molecule has 1 aliphatic rings. The Morgan fingerprint density at radius 3 is 2.17 bits per heavy atom. The largest absolute Gasteiger partial charge is 0.328 e. The molecule has 1 rings (SSSR count). The SMILES string of the molecule is CC(C)C(C)(C)CC1CC(N)C1. The van der Waals surface area contributed by atoms with Crippen LogP contribution < -0.4 is 5.73 Å². The van der Waals surface area contributed by atoms with Crippen LogP contribution in [0.4, 0.5) is 0 Å². The minimum Gasteiger partial charge on any atom is -0.328 e. The van der Waals surface area contributed by atoms with E-state index in [1.54, 1.807) is 0 Å². The molecule has 1 aliphatic carbocycles. The van der Waals surface area contributed by atoms with E-state index in [0.29, 0.717) is 11.5 Å². The summed E-state index contributed by atoms with van der Waals surface area (Å²) in [5.74, 6) is 1.70. The van der Waals surface area contributed by atoms with Crippen molar-refractivity contribution in [2.24, 2.45) is 23.0 Å². The molecule has 0 radical (unpaired) electrons. The van der Waals surface area contributed by atoms with Crippen molar-refractivity contribution in [1.29, 1.82) is 0 Å². The summed E-state index contributed by atoms with van der Waals surface area (Å²) in [4.78, 5) is 0. The predicted molar refractivity (Wildman–Crippen MR) is 53.9 cm³/mol. The maximum Gasteiger partial charge on any atom is 0.00441 e. The molecule has 0 amide bonds. The van der Waals surface area contributed by atoms with Gasteiger partial charge >= 0.3 is 0 Å². The molecule has 0 saturated heterocycles. The van der Waals surface area contributed by atoms with Crippen molar-refractivity contribution in [1.82, 2.24) is 0 Å². The van der Waals surface area contributed by atoms with Crippen molar-refractivity contribution in [3.05, 3.63) is 0 Å². The highest BCUT2D eigenvalue weighted by molar-refractivity contribution is 4.87. The molecule has 0 spiro atoms. The minimum absolute atomic E-state index is 0.505. The van der Waals surface area contributed by atoms with E-state index < -0.39 is 0 Å². The average Bonchev–Trinajstić information content (AvgIpc) is 1.83. The Morgan fingerprint density at radius 1 is 1.33 bits per heavy atom. The summed E-state index contributed by atoms with van der Waals surface area (Å²) in [6, 6.07) is 0.512. The molecule has 0 unspecified atom stereocenters. The Balaban J connectivity index is 2.30. The van der Waals surface area contributed by atoms with Gasteiger partial charge in [0.15, 0.2) is 0 Å². The van der Waals surface area contributed by atoms with E-state index in [1.165, 1.54) is 19.3 Å². The van der Waals surface area contributed by atoms with Crippen LogP contribution in [0, 0.1) is 17.3 Å². The number of hydrogen-bond donors (Lipinski definition) is 1. The van der Waals surface area contributed by atoms with Gasteiger partial charge in [-0.3, -0.25) is 0 Å². The van der Waals surface area contributed by atoms with Gasteiger partial charge in [0, 0.05) is 6.04 Å². The lowest BCUT2D eigenvalue weighted by Gasteiger charge is -2.40. The first-order valence-electron chi connectivity index (χ1n) is 5.17. The molecule has 0 aromatic rings. The Morgan fingerprint density at radius 2 is 1.83 bits per heavy atom. The third-order valence-corrected chi connectivity index (χ3v) is 3.65. The van der Waals surface area contributed by atoms with Crippen LogP contribution in [0.5, 0.6) is 0 Å². The Hall–Kier alpha value is -0.0400. The van der Waals surface area contributed by atoms with Gasteiger partial charge in [0.1, 0.15) is 0 Å². The monoisotopic (exact) mass is 169 g/mol. The van der Waals surface area contributed by atoms with Crippen LogP contribution in [-0.4, -0.2) is 6.04 Å². The van der Waals surface area contributed by atoms with Crippen molar-refractivity contribution in [3.8, 4) is 0 Å². The number of nitrogens with two attached hydrogens (primary N) is 1. The Kier molecular flexibility index (Phi) is 2.82. The summed E-state index contributed by atoms with van der Waals surface area (Å²) in [6.07, 6.45) is 3.88. The van der Waals surface area contributed by atoms with Crippen LogP contribution in [0.15, 0.2) is 0 Å². The van der Waals surface area contributed by atoms with E-state index in [1.807, 2.05) is 0 Å². The highest BCUT2D eigenvalue weighted by atomic mass is 14.7. The fourth-order valence-corrected chi connectivity index (χ4v) is 1.93. The quantitative estimate of drug-likeness (QED) is 0.690. The van der Waals surface area contributed by atoms with E-state index in [2.05, 4.69) is 27.7 Å². The first kappa shape index (κ1) is 10.0. The standard InChI is InChI=1S/C11H23N/c1-8(2)11(3,4)7-9-5-10(12)6-9/h8-10H,5-7,12H2,1-4H3. The van der Waals surface area contributed by atoms with Crippen LogP contribution >= 0.6 is 0 Å². The Bertz CT molecular complexity index is 143. The first-order valence-corrected chi connectivity index (χ1v) is 5.17. The molecule has 1 nitrogen and oxygen atoms in total. The van der Waals surface area contributed by atoms with Gasteiger partial charge in [-0.1, -0.05) is 27.7 Å². The molecule has 0 aliphatic heterocycles. The normalized spacial score (nSPS) is 30.5. The lowest BCUT2D eigenvalue weighted by molar-refractivity contribution is 0.129. The van der Waals surface area contributed by atoms with E-state index in [0.717, 1.165) is 11.8 Å². The molecule has 1 saturated carbocycles. The fraction of sp³-hybridized carbons (Fsp3) is 1.00. The maximum atomic E-state index is 5.76. The lowest BCUT2D eigenvalue weighted by atomic mass is 9.67. The molecule has 0 heterocycles. The summed E-state index contributed by atoms with van der Waals surface area (Å²) in [5, 5.41) is 0. The summed E-state index contributed by atoms with van der Waals surface area (Å²) in [7, 11) is 0. The number of hydrogen-bond acceptors (Lipinski definition) is 1. The van der Waals surface area contributed by atoms with E-state index >= 15 is 0 Å². The number of rotatable bonds is 3. The average molecular weight is 169 g/mol. The van der Waals surface area contributed by atoms with Gasteiger partial charge < -0.3 is 5.73 Å². The van der Waals surface area contributed by atoms with E-state index in [-0.39, 0.29) is 0 Å². The topological polar surface area (TPSA) is 26.0 Å². The van der Waals surface area contributed by atoms with E-state index in [9.17, 15) is 0 Å². The van der Waals surface area contributed by atoms with Gasteiger partial charge in [-0.25, -0.2) is 0 Å². The first-order chi connectivity index (χ1) is 5.42. The van der Waals surface area contributed by atoms with Crippen LogP contribution in [0.25, 0.3) is 0 Å². The third-order valence-electron chi connectivity index (χ3n) is 3.65. The van der Waals surface area contributed by atoms with Gasteiger partial charge in [-0.2, -0.15) is 0 Å². The van der Waals surface area contributed by atoms with E-state index in [4.69, 9.17) is 5.73 Å². The molecule has 1 heteroatoms. The van der Waals surface area contributed by atoms with Crippen LogP contribution in [0.2, 0.25) is 0 Å². The zero-order chi connectivity index (χ0) is 9.35. The van der Waals surface area contributed by atoms with Crippen LogP contribution in [-0.2, 0) is 0 Å². The molecular formula is C11H23N. The predicted octanol–water partition coefficient (Wildman–Crippen LogP) is 2.80. The van der Waals surface area contributed by atoms with Crippen LogP contribution in [0.1, 0.15) is 47.0 Å². The molecular weight excluding hydrogens is 146 g/mol. The zero-order valence-electron chi connectivity index (χ0n) is 8.93. The van der Waals surface area contributed by atoms with Gasteiger partial charge in [0.25, 0.3) is 0 Å². The fourth-order valence-electron chi connectivity index (χ4n) is 1.93. The van der Waals surface area contributed by atoms with Gasteiger partial charge in [-0.05, 0) is 36.5 Å². The Labute approximate surface area is 76.7 Å². The van der Waals surface area contributed by atoms with Gasteiger partial charge in [-0.15, -0.1) is 0 Å². The molecule has 0 bridgehead atoms. The van der Waals surface area contributed by atoms with Crippen molar-refractivity contribution >= 4 is 0 Å². The maximum absolute atomic E-state index is 5.76. The van der Waals surface area contributed by atoms with Gasteiger partial charge in [0.2, 0.25) is 0 Å². The minimum atomic E-state index is 0.505. The third kappa shape index (κ3) is 2.22. The summed E-state index contributed by atoms with van der Waals surface area (Å²) in [6.45, 7) is 9.39. The second-order valence-corrected chi connectivity index (χ2v) is 5.44. The molecule has 0 aromatic heterocycles. The molecule has 2 N–H and O–H groups in total. The van der Waals surface area contributed by atoms with Crippen molar-refractivity contribution in [2.45, 2.75) is 53.0 Å². The molecule has 0 aromatic carbocycles. The zero-order valence-corrected chi connectivity index (χ0v) is 8.93. The van der Waals surface area contributed by atoms with Crippen molar-refractivity contribution in [2.75, 3.05) is 0 Å². The second kappa shape index (κ2) is 3.37. The van der Waals surface area contributed by atoms with Crippen LogP contribution in [0.3, 0.4) is 0 Å². The van der Waals surface area contributed by atoms with Gasteiger partial charge in [0.05, 0.1) is 0 Å². The highest BCUT2D eigenvalue weighted by Gasteiger charge is 2.32. The molecule has 0 atom stereocenters. The second-order valence-electron chi connectivity index (χ2n) is 5.44. The molecule has 12 heavy (non-hydrogen) atoms. The smallest absolute Gasteiger partial charge is 0.00441 e. The summed E-state index contributed by atoms with van der Waals surface area (Å²) >= 11 is 0. The lowest BCUT2D eigenvalue weighted by Crippen LogP contribution is -2.39. The van der Waals surface area contributed by atoms with Crippen molar-refractivity contribution in [3.63, 3.8) is 0 Å². The molecule has 1 fully saturated rings. The molecule has 72 valence electrons.